The molecule has 2 N–H and O–H groups in total. The number of rotatable bonds is 9. The lowest BCUT2D eigenvalue weighted by Gasteiger charge is -2.37. The minimum atomic E-state index is -0.706. The summed E-state index contributed by atoms with van der Waals surface area (Å²) in [6.07, 6.45) is 17.9. The molecule has 0 radical (unpaired) electrons. The summed E-state index contributed by atoms with van der Waals surface area (Å²) in [6.45, 7) is 5.91. The molecular formula is C23H38O4. The van der Waals surface area contributed by atoms with E-state index in [1.165, 1.54) is 38.5 Å². The van der Waals surface area contributed by atoms with E-state index < -0.39 is 11.9 Å². The molecular weight excluding hydrogens is 340 g/mol. The Bertz CT molecular complexity index is 520. The zero-order valence-electron chi connectivity index (χ0n) is 17.3. The SMILES string of the molecule is CC1C=CC2=CCCCC2C1CCCCCCC(=O)O.CCC(C)C(=O)O. The first-order valence-electron chi connectivity index (χ1n) is 10.7. The van der Waals surface area contributed by atoms with Crippen LogP contribution in [0.2, 0.25) is 0 Å². The van der Waals surface area contributed by atoms with Crippen LogP contribution in [-0.2, 0) is 9.59 Å². The number of hydrogen-bond acceptors (Lipinski definition) is 2. The van der Waals surface area contributed by atoms with Crippen molar-refractivity contribution >= 4 is 11.9 Å². The smallest absolute Gasteiger partial charge is 0.306 e. The van der Waals surface area contributed by atoms with Gasteiger partial charge >= 0.3 is 11.9 Å². The van der Waals surface area contributed by atoms with Crippen LogP contribution in [0.5, 0.6) is 0 Å². The molecule has 27 heavy (non-hydrogen) atoms. The molecule has 0 fully saturated rings. The number of hydrogen-bond donors (Lipinski definition) is 2. The van der Waals surface area contributed by atoms with Gasteiger partial charge in [0.25, 0.3) is 0 Å². The van der Waals surface area contributed by atoms with Crippen LogP contribution in [0.25, 0.3) is 0 Å². The quantitative estimate of drug-likeness (QED) is 0.477. The van der Waals surface area contributed by atoms with E-state index in [0.29, 0.717) is 12.3 Å². The summed E-state index contributed by atoms with van der Waals surface area (Å²) in [5.41, 5.74) is 1.59. The van der Waals surface area contributed by atoms with E-state index in [-0.39, 0.29) is 5.92 Å². The Kier molecular flexibility index (Phi) is 11.1. The van der Waals surface area contributed by atoms with E-state index >= 15 is 0 Å². The minimum Gasteiger partial charge on any atom is -0.481 e. The molecule has 0 amide bonds. The lowest BCUT2D eigenvalue weighted by molar-refractivity contribution is -0.141. The summed E-state index contributed by atoms with van der Waals surface area (Å²) >= 11 is 0. The summed E-state index contributed by atoms with van der Waals surface area (Å²) in [6, 6.07) is 0. The number of carboxylic acid groups (broad SMARTS) is 2. The second-order valence-corrected chi connectivity index (χ2v) is 8.12. The summed E-state index contributed by atoms with van der Waals surface area (Å²) in [5, 5.41) is 16.8. The molecule has 0 aromatic carbocycles. The van der Waals surface area contributed by atoms with Crippen LogP contribution in [0.3, 0.4) is 0 Å². The summed E-state index contributed by atoms with van der Waals surface area (Å²) < 4.78 is 0. The molecule has 0 aromatic rings. The fourth-order valence-corrected chi connectivity index (χ4v) is 4.00. The van der Waals surface area contributed by atoms with E-state index in [1.54, 1.807) is 12.5 Å². The molecule has 4 heteroatoms. The van der Waals surface area contributed by atoms with E-state index in [2.05, 4.69) is 25.2 Å². The standard InChI is InChI=1S/C18H28O2.C5H10O2/c1-14-12-13-15-8-6-7-10-17(15)16(14)9-4-2-3-5-11-18(19)20;1-3-4(2)5(6)7/h8,12-14,16-17H,2-7,9-11H2,1H3,(H,19,20);4H,3H2,1-2H3,(H,6,7). The van der Waals surface area contributed by atoms with Crippen LogP contribution in [-0.4, -0.2) is 22.2 Å². The Morgan fingerprint density at radius 2 is 1.89 bits per heavy atom. The monoisotopic (exact) mass is 378 g/mol. The number of allylic oxidation sites excluding steroid dienone is 4. The first-order chi connectivity index (χ1) is 12.9. The van der Waals surface area contributed by atoms with Crippen LogP contribution in [0.4, 0.5) is 0 Å². The maximum absolute atomic E-state index is 10.5. The lowest BCUT2D eigenvalue weighted by atomic mass is 9.68. The van der Waals surface area contributed by atoms with Crippen LogP contribution in [0, 0.1) is 23.7 Å². The van der Waals surface area contributed by atoms with Gasteiger partial charge in [-0.3, -0.25) is 9.59 Å². The van der Waals surface area contributed by atoms with Gasteiger partial charge in [-0.05, 0) is 61.9 Å². The Morgan fingerprint density at radius 3 is 2.48 bits per heavy atom. The van der Waals surface area contributed by atoms with E-state index in [1.807, 2.05) is 6.92 Å². The first kappa shape index (κ1) is 23.5. The van der Waals surface area contributed by atoms with Gasteiger partial charge in [-0.1, -0.05) is 58.3 Å². The van der Waals surface area contributed by atoms with Gasteiger partial charge in [-0.25, -0.2) is 0 Å². The first-order valence-corrected chi connectivity index (χ1v) is 10.7. The number of carboxylic acids is 2. The molecule has 4 unspecified atom stereocenters. The third-order valence-corrected chi connectivity index (χ3v) is 6.02. The Hall–Kier alpha value is -1.58. The Morgan fingerprint density at radius 1 is 1.19 bits per heavy atom. The molecule has 2 rings (SSSR count). The van der Waals surface area contributed by atoms with Gasteiger partial charge in [0.2, 0.25) is 0 Å². The van der Waals surface area contributed by atoms with Crippen molar-refractivity contribution in [1.82, 2.24) is 0 Å². The molecule has 4 atom stereocenters. The molecule has 0 bridgehead atoms. The van der Waals surface area contributed by atoms with E-state index in [9.17, 15) is 9.59 Å². The minimum absolute atomic E-state index is 0.181. The lowest BCUT2D eigenvalue weighted by Crippen LogP contribution is -2.27. The van der Waals surface area contributed by atoms with Crippen LogP contribution >= 0.6 is 0 Å². The van der Waals surface area contributed by atoms with Crippen molar-refractivity contribution < 1.29 is 19.8 Å². The van der Waals surface area contributed by atoms with Crippen molar-refractivity contribution in [1.29, 1.82) is 0 Å². The van der Waals surface area contributed by atoms with Crippen molar-refractivity contribution in [2.75, 3.05) is 0 Å². The highest BCUT2D eigenvalue weighted by Gasteiger charge is 2.31. The molecule has 0 saturated heterocycles. The number of fused-ring (bicyclic) bond motifs is 1. The predicted molar refractivity (Wildman–Crippen MR) is 110 cm³/mol. The van der Waals surface area contributed by atoms with E-state index in [0.717, 1.165) is 31.1 Å². The topological polar surface area (TPSA) is 74.6 Å². The van der Waals surface area contributed by atoms with Gasteiger partial charge < -0.3 is 10.2 Å². The van der Waals surface area contributed by atoms with Crippen molar-refractivity contribution in [3.05, 3.63) is 23.8 Å². The van der Waals surface area contributed by atoms with E-state index in [4.69, 9.17) is 10.2 Å². The maximum Gasteiger partial charge on any atom is 0.306 e. The molecule has 4 nitrogen and oxygen atoms in total. The predicted octanol–water partition coefficient (Wildman–Crippen LogP) is 6.08. The fourth-order valence-electron chi connectivity index (χ4n) is 4.00. The number of unbranched alkanes of at least 4 members (excludes halogenated alkanes) is 3. The highest BCUT2D eigenvalue weighted by molar-refractivity contribution is 5.69. The van der Waals surface area contributed by atoms with Gasteiger partial charge in [0.05, 0.1) is 5.92 Å². The summed E-state index contributed by atoms with van der Waals surface area (Å²) in [4.78, 5) is 20.4. The van der Waals surface area contributed by atoms with Gasteiger partial charge in [-0.2, -0.15) is 0 Å². The Labute approximate surface area is 164 Å². The van der Waals surface area contributed by atoms with Crippen LogP contribution in [0.15, 0.2) is 23.8 Å². The van der Waals surface area contributed by atoms with Gasteiger partial charge in [0.1, 0.15) is 0 Å². The zero-order chi connectivity index (χ0) is 20.2. The maximum atomic E-state index is 10.5. The molecule has 0 spiro atoms. The second kappa shape index (κ2) is 12.7. The average molecular weight is 379 g/mol. The van der Waals surface area contributed by atoms with Crippen molar-refractivity contribution in [2.45, 2.75) is 85.0 Å². The molecule has 2 aliphatic carbocycles. The highest BCUT2D eigenvalue weighted by atomic mass is 16.4. The largest absolute Gasteiger partial charge is 0.481 e. The normalized spacial score (nSPS) is 24.9. The molecule has 2 aliphatic rings. The zero-order valence-corrected chi connectivity index (χ0v) is 17.3. The molecule has 0 saturated carbocycles. The van der Waals surface area contributed by atoms with Crippen LogP contribution < -0.4 is 0 Å². The molecule has 0 aromatic heterocycles. The van der Waals surface area contributed by atoms with Gasteiger partial charge in [-0.15, -0.1) is 0 Å². The number of aliphatic carboxylic acids is 2. The summed E-state index contributed by atoms with van der Waals surface area (Å²) in [7, 11) is 0. The molecule has 0 heterocycles. The fraction of sp³-hybridized carbons (Fsp3) is 0.739. The van der Waals surface area contributed by atoms with Crippen LogP contribution in [0.1, 0.15) is 85.0 Å². The van der Waals surface area contributed by atoms with Crippen molar-refractivity contribution in [2.24, 2.45) is 23.7 Å². The second-order valence-electron chi connectivity index (χ2n) is 8.12. The summed E-state index contributed by atoms with van der Waals surface area (Å²) in [5.74, 6) is 0.763. The molecule has 154 valence electrons. The third-order valence-electron chi connectivity index (χ3n) is 6.02. The van der Waals surface area contributed by atoms with Gasteiger partial charge in [0, 0.05) is 6.42 Å². The number of carbonyl (C=O) groups is 2. The third kappa shape index (κ3) is 8.77. The van der Waals surface area contributed by atoms with Crippen molar-refractivity contribution in [3.63, 3.8) is 0 Å². The van der Waals surface area contributed by atoms with Gasteiger partial charge in [0.15, 0.2) is 0 Å². The highest BCUT2D eigenvalue weighted by Crippen LogP contribution is 2.42. The van der Waals surface area contributed by atoms with Crippen molar-refractivity contribution in [3.8, 4) is 0 Å². The average Bonchev–Trinajstić information content (AvgIpc) is 2.65. The Balaban J connectivity index is 0.000000445. The molecule has 0 aliphatic heterocycles.